The molecule has 0 saturated heterocycles. The zero-order chi connectivity index (χ0) is 11.1. The molecule has 0 aliphatic rings. The van der Waals surface area contributed by atoms with Crippen LogP contribution >= 0.6 is 0 Å². The van der Waals surface area contributed by atoms with Crippen LogP contribution in [0.25, 0.3) is 0 Å². The van der Waals surface area contributed by atoms with Crippen LogP contribution in [0.4, 0.5) is 4.39 Å². The molecule has 0 saturated carbocycles. The Balaban J connectivity index is 2.32. The average molecular weight is 212 g/mol. The summed E-state index contributed by atoms with van der Waals surface area (Å²) in [5.41, 5.74) is 0. The lowest BCUT2D eigenvalue weighted by Crippen LogP contribution is -2.24. The number of hydrogen-bond acceptors (Lipinski definition) is 3. The fraction of sp³-hybridized carbons (Fsp3) is 0.400. The van der Waals surface area contributed by atoms with E-state index in [-0.39, 0.29) is 24.7 Å². The van der Waals surface area contributed by atoms with E-state index >= 15 is 0 Å². The van der Waals surface area contributed by atoms with Crippen molar-refractivity contribution in [1.82, 2.24) is 10.3 Å². The molecule has 1 N–H and O–H groups in total. The van der Waals surface area contributed by atoms with Gasteiger partial charge in [0.2, 0.25) is 5.91 Å². The van der Waals surface area contributed by atoms with Gasteiger partial charge in [-0.1, -0.05) is 0 Å². The van der Waals surface area contributed by atoms with Crippen LogP contribution in [0.1, 0.15) is 13.3 Å². The van der Waals surface area contributed by atoms with E-state index in [1.54, 1.807) is 6.07 Å². The molecule has 0 bridgehead atoms. The Labute approximate surface area is 87.5 Å². The van der Waals surface area contributed by atoms with Crippen molar-refractivity contribution >= 4 is 5.91 Å². The highest BCUT2D eigenvalue weighted by molar-refractivity contribution is 5.75. The van der Waals surface area contributed by atoms with Crippen LogP contribution in [-0.4, -0.2) is 24.0 Å². The van der Waals surface area contributed by atoms with Crippen LogP contribution in [0.2, 0.25) is 0 Å². The van der Waals surface area contributed by atoms with Crippen molar-refractivity contribution in [2.24, 2.45) is 0 Å². The van der Waals surface area contributed by atoms with Gasteiger partial charge in [-0.25, -0.2) is 4.98 Å². The number of ether oxygens (including phenoxy) is 1. The van der Waals surface area contributed by atoms with Crippen molar-refractivity contribution in [2.75, 3.05) is 13.2 Å². The van der Waals surface area contributed by atoms with E-state index in [2.05, 4.69) is 10.3 Å². The molecule has 0 aliphatic carbocycles. The number of pyridine rings is 1. The van der Waals surface area contributed by atoms with Crippen LogP contribution in [0, 0.1) is 5.95 Å². The fourth-order valence-corrected chi connectivity index (χ4v) is 1.02. The molecule has 0 aliphatic heterocycles. The summed E-state index contributed by atoms with van der Waals surface area (Å²) in [5.74, 6) is -0.697. The minimum atomic E-state index is -0.659. The molecule has 0 aromatic carbocycles. The van der Waals surface area contributed by atoms with E-state index in [0.29, 0.717) is 6.54 Å². The highest BCUT2D eigenvalue weighted by Crippen LogP contribution is 2.12. The van der Waals surface area contributed by atoms with Crippen LogP contribution in [0.15, 0.2) is 18.3 Å². The van der Waals surface area contributed by atoms with Gasteiger partial charge in [-0.2, -0.15) is 4.39 Å². The first-order valence-electron chi connectivity index (χ1n) is 4.74. The molecule has 1 aromatic rings. The molecule has 82 valence electrons. The topological polar surface area (TPSA) is 51.2 Å². The minimum absolute atomic E-state index is 0.0711. The Bertz CT molecular complexity index is 331. The van der Waals surface area contributed by atoms with E-state index in [4.69, 9.17) is 4.74 Å². The molecule has 0 radical (unpaired) electrons. The number of nitrogens with one attached hydrogen (secondary N) is 1. The fourth-order valence-electron chi connectivity index (χ4n) is 1.02. The number of carbonyl (C=O) groups is 1. The Morgan fingerprint density at radius 1 is 1.67 bits per heavy atom. The van der Waals surface area contributed by atoms with Crippen LogP contribution in [0.5, 0.6) is 5.75 Å². The first kappa shape index (κ1) is 11.4. The maximum Gasteiger partial charge on any atom is 0.255 e. The zero-order valence-electron chi connectivity index (χ0n) is 8.50. The molecule has 0 spiro atoms. The van der Waals surface area contributed by atoms with Gasteiger partial charge in [0, 0.05) is 12.7 Å². The first-order valence-corrected chi connectivity index (χ1v) is 4.74. The van der Waals surface area contributed by atoms with Crippen molar-refractivity contribution < 1.29 is 13.9 Å². The molecule has 1 aromatic heterocycles. The summed E-state index contributed by atoms with van der Waals surface area (Å²) < 4.78 is 18.0. The Morgan fingerprint density at radius 3 is 3.13 bits per heavy atom. The highest BCUT2D eigenvalue weighted by atomic mass is 19.1. The molecule has 1 heterocycles. The third-order valence-corrected chi connectivity index (χ3v) is 1.69. The number of nitrogens with zero attached hydrogens (tertiary/aromatic N) is 1. The van der Waals surface area contributed by atoms with Gasteiger partial charge in [-0.05, 0) is 19.1 Å². The standard InChI is InChI=1S/C10H13FN2O2/c1-2-12-9(14)5-7-15-8-4-3-6-13-10(8)11/h3-4,6H,2,5,7H2,1H3,(H,12,14). The lowest BCUT2D eigenvalue weighted by molar-refractivity contribution is -0.121. The SMILES string of the molecule is CCNC(=O)CCOc1cccnc1F. The lowest BCUT2D eigenvalue weighted by Gasteiger charge is -2.05. The lowest BCUT2D eigenvalue weighted by atomic mass is 10.4. The van der Waals surface area contributed by atoms with E-state index in [1.165, 1.54) is 12.3 Å². The highest BCUT2D eigenvalue weighted by Gasteiger charge is 2.04. The molecule has 0 unspecified atom stereocenters. The molecule has 0 atom stereocenters. The predicted molar refractivity (Wildman–Crippen MR) is 53.0 cm³/mol. The quantitative estimate of drug-likeness (QED) is 0.744. The van der Waals surface area contributed by atoms with Gasteiger partial charge in [0.1, 0.15) is 0 Å². The Hall–Kier alpha value is -1.65. The van der Waals surface area contributed by atoms with Crippen molar-refractivity contribution in [3.8, 4) is 5.75 Å². The van der Waals surface area contributed by atoms with Gasteiger partial charge in [-0.15, -0.1) is 0 Å². The second-order valence-electron chi connectivity index (χ2n) is 2.84. The number of hydrogen-bond donors (Lipinski definition) is 1. The van der Waals surface area contributed by atoms with Crippen molar-refractivity contribution in [3.63, 3.8) is 0 Å². The summed E-state index contributed by atoms with van der Waals surface area (Å²) in [6, 6.07) is 3.05. The number of aromatic nitrogens is 1. The van der Waals surface area contributed by atoms with Gasteiger partial charge in [0.15, 0.2) is 5.75 Å². The van der Waals surface area contributed by atoms with E-state index < -0.39 is 5.95 Å². The average Bonchev–Trinajstić information content (AvgIpc) is 2.21. The molecule has 1 rings (SSSR count). The van der Waals surface area contributed by atoms with Crippen LogP contribution in [-0.2, 0) is 4.79 Å². The van der Waals surface area contributed by atoms with Crippen LogP contribution in [0.3, 0.4) is 0 Å². The predicted octanol–water partition coefficient (Wildman–Crippen LogP) is 1.13. The normalized spacial score (nSPS) is 9.73. The summed E-state index contributed by atoms with van der Waals surface area (Å²) in [7, 11) is 0. The smallest absolute Gasteiger partial charge is 0.255 e. The Kier molecular flexibility index (Phi) is 4.53. The molecule has 15 heavy (non-hydrogen) atoms. The molecule has 0 fully saturated rings. The summed E-state index contributed by atoms with van der Waals surface area (Å²) in [6.07, 6.45) is 1.55. The van der Waals surface area contributed by atoms with E-state index in [9.17, 15) is 9.18 Å². The number of amides is 1. The first-order chi connectivity index (χ1) is 7.24. The largest absolute Gasteiger partial charge is 0.488 e. The van der Waals surface area contributed by atoms with Crippen molar-refractivity contribution in [1.29, 1.82) is 0 Å². The summed E-state index contributed by atoms with van der Waals surface area (Å²) in [6.45, 7) is 2.56. The maximum atomic E-state index is 12.9. The molecule has 1 amide bonds. The molecular weight excluding hydrogens is 199 g/mol. The second-order valence-corrected chi connectivity index (χ2v) is 2.84. The van der Waals surface area contributed by atoms with Gasteiger partial charge < -0.3 is 10.1 Å². The minimum Gasteiger partial charge on any atom is -0.488 e. The number of halogens is 1. The second kappa shape index (κ2) is 5.95. The van der Waals surface area contributed by atoms with E-state index in [0.717, 1.165) is 0 Å². The molecule has 4 nitrogen and oxygen atoms in total. The van der Waals surface area contributed by atoms with Gasteiger partial charge in [0.25, 0.3) is 5.95 Å². The summed E-state index contributed by atoms with van der Waals surface area (Å²) in [4.78, 5) is 14.4. The molecule has 5 heteroatoms. The third-order valence-electron chi connectivity index (χ3n) is 1.69. The summed E-state index contributed by atoms with van der Waals surface area (Å²) >= 11 is 0. The van der Waals surface area contributed by atoms with Crippen LogP contribution < -0.4 is 10.1 Å². The number of carbonyl (C=O) groups excluding carboxylic acids is 1. The summed E-state index contributed by atoms with van der Waals surface area (Å²) in [5, 5.41) is 2.62. The van der Waals surface area contributed by atoms with Crippen molar-refractivity contribution in [3.05, 3.63) is 24.3 Å². The van der Waals surface area contributed by atoms with Gasteiger partial charge in [0.05, 0.1) is 13.0 Å². The molecular formula is C10H13FN2O2. The van der Waals surface area contributed by atoms with E-state index in [1.807, 2.05) is 6.92 Å². The maximum absolute atomic E-state index is 12.9. The number of rotatable bonds is 5. The third kappa shape index (κ3) is 3.93. The monoisotopic (exact) mass is 212 g/mol. The zero-order valence-corrected chi connectivity index (χ0v) is 8.50. The van der Waals surface area contributed by atoms with Gasteiger partial charge >= 0.3 is 0 Å². The van der Waals surface area contributed by atoms with Gasteiger partial charge in [-0.3, -0.25) is 4.79 Å². The Morgan fingerprint density at radius 2 is 2.47 bits per heavy atom. The van der Waals surface area contributed by atoms with Crippen molar-refractivity contribution in [2.45, 2.75) is 13.3 Å².